The second-order valence-corrected chi connectivity index (χ2v) is 6.79. The molecule has 1 saturated heterocycles. The quantitative estimate of drug-likeness (QED) is 0.764. The SMILES string of the molecule is CCC1(C)CC(C(O)CNCc2ccc(OC)c(OC)c2)CCO1. The van der Waals surface area contributed by atoms with E-state index in [1.165, 1.54) is 0 Å². The second-order valence-electron chi connectivity index (χ2n) is 6.79. The molecule has 136 valence electrons. The van der Waals surface area contributed by atoms with Gasteiger partial charge in [-0.1, -0.05) is 13.0 Å². The smallest absolute Gasteiger partial charge is 0.161 e. The predicted molar refractivity (Wildman–Crippen MR) is 94.6 cm³/mol. The summed E-state index contributed by atoms with van der Waals surface area (Å²) < 4.78 is 16.4. The Labute approximate surface area is 145 Å². The third-order valence-corrected chi connectivity index (χ3v) is 5.06. The molecule has 0 spiro atoms. The van der Waals surface area contributed by atoms with Gasteiger partial charge in [0.15, 0.2) is 11.5 Å². The normalized spacial score (nSPS) is 25.3. The van der Waals surface area contributed by atoms with Crippen LogP contribution >= 0.6 is 0 Å². The lowest BCUT2D eigenvalue weighted by Crippen LogP contribution is -2.43. The van der Waals surface area contributed by atoms with Gasteiger partial charge in [0.2, 0.25) is 0 Å². The summed E-state index contributed by atoms with van der Waals surface area (Å²) in [6.45, 7) is 6.29. The second kappa shape index (κ2) is 8.70. The molecule has 1 fully saturated rings. The molecule has 3 atom stereocenters. The largest absolute Gasteiger partial charge is 0.493 e. The van der Waals surface area contributed by atoms with Crippen molar-refractivity contribution in [3.63, 3.8) is 0 Å². The molecule has 3 unspecified atom stereocenters. The Hall–Kier alpha value is -1.30. The molecular weight excluding hydrogens is 306 g/mol. The van der Waals surface area contributed by atoms with Crippen LogP contribution < -0.4 is 14.8 Å². The number of benzene rings is 1. The molecule has 1 aromatic rings. The van der Waals surface area contributed by atoms with Gasteiger partial charge in [-0.3, -0.25) is 0 Å². The number of aliphatic hydroxyl groups excluding tert-OH is 1. The van der Waals surface area contributed by atoms with Crippen molar-refractivity contribution in [3.05, 3.63) is 23.8 Å². The fourth-order valence-corrected chi connectivity index (χ4v) is 3.27. The summed E-state index contributed by atoms with van der Waals surface area (Å²) in [6, 6.07) is 5.86. The topological polar surface area (TPSA) is 60.0 Å². The molecule has 24 heavy (non-hydrogen) atoms. The standard InChI is InChI=1S/C19H31NO4/c1-5-19(2)11-15(8-9-24-19)16(21)13-20-12-14-6-7-17(22-3)18(10-14)23-4/h6-7,10,15-16,20-21H,5,8-9,11-13H2,1-4H3. The van der Waals surface area contributed by atoms with Crippen molar-refractivity contribution in [1.29, 1.82) is 0 Å². The van der Waals surface area contributed by atoms with Crippen molar-refractivity contribution in [2.24, 2.45) is 5.92 Å². The van der Waals surface area contributed by atoms with E-state index in [-0.39, 0.29) is 11.7 Å². The molecule has 1 aromatic carbocycles. The lowest BCUT2D eigenvalue weighted by molar-refractivity contribution is -0.107. The Morgan fingerprint density at radius 3 is 2.75 bits per heavy atom. The molecule has 0 saturated carbocycles. The first-order valence-corrected chi connectivity index (χ1v) is 8.75. The number of hydrogen-bond donors (Lipinski definition) is 2. The lowest BCUT2D eigenvalue weighted by atomic mass is 9.82. The summed E-state index contributed by atoms with van der Waals surface area (Å²) in [7, 11) is 3.26. The monoisotopic (exact) mass is 337 g/mol. The van der Waals surface area contributed by atoms with E-state index in [4.69, 9.17) is 14.2 Å². The van der Waals surface area contributed by atoms with Crippen molar-refractivity contribution in [2.45, 2.75) is 51.4 Å². The minimum absolute atomic E-state index is 0.0900. The van der Waals surface area contributed by atoms with Gasteiger partial charge in [0.25, 0.3) is 0 Å². The molecule has 2 N–H and O–H groups in total. The Morgan fingerprint density at radius 2 is 2.08 bits per heavy atom. The van der Waals surface area contributed by atoms with Gasteiger partial charge >= 0.3 is 0 Å². The van der Waals surface area contributed by atoms with Crippen molar-refractivity contribution >= 4 is 0 Å². The van der Waals surface area contributed by atoms with Gasteiger partial charge in [-0.2, -0.15) is 0 Å². The number of nitrogens with one attached hydrogen (secondary N) is 1. The highest BCUT2D eigenvalue weighted by atomic mass is 16.5. The predicted octanol–water partition coefficient (Wildman–Crippen LogP) is 2.75. The van der Waals surface area contributed by atoms with Crippen molar-refractivity contribution in [3.8, 4) is 11.5 Å². The first-order chi connectivity index (χ1) is 11.5. The summed E-state index contributed by atoms with van der Waals surface area (Å²) in [5.74, 6) is 1.74. The number of aliphatic hydroxyl groups is 1. The fraction of sp³-hybridized carbons (Fsp3) is 0.684. The summed E-state index contributed by atoms with van der Waals surface area (Å²) in [6.07, 6.45) is 2.48. The molecular formula is C19H31NO4. The van der Waals surface area contributed by atoms with Crippen LogP contribution in [0.15, 0.2) is 18.2 Å². The zero-order valence-corrected chi connectivity index (χ0v) is 15.3. The lowest BCUT2D eigenvalue weighted by Gasteiger charge is -2.39. The number of methoxy groups -OCH3 is 2. The Balaban J connectivity index is 1.83. The van der Waals surface area contributed by atoms with E-state index in [2.05, 4.69) is 19.2 Å². The van der Waals surface area contributed by atoms with Crippen LogP contribution in [0.25, 0.3) is 0 Å². The van der Waals surface area contributed by atoms with Crippen LogP contribution in [-0.4, -0.2) is 44.2 Å². The Bertz CT molecular complexity index is 522. The third-order valence-electron chi connectivity index (χ3n) is 5.06. The van der Waals surface area contributed by atoms with E-state index in [0.717, 1.165) is 42.9 Å². The van der Waals surface area contributed by atoms with Crippen LogP contribution in [0.1, 0.15) is 38.7 Å². The third kappa shape index (κ3) is 4.85. The van der Waals surface area contributed by atoms with Crippen molar-refractivity contribution < 1.29 is 19.3 Å². The van der Waals surface area contributed by atoms with Gasteiger partial charge in [0.05, 0.1) is 25.9 Å². The van der Waals surface area contributed by atoms with Crippen molar-refractivity contribution in [1.82, 2.24) is 5.32 Å². The molecule has 1 heterocycles. The van der Waals surface area contributed by atoms with Crippen LogP contribution in [0.4, 0.5) is 0 Å². The first-order valence-electron chi connectivity index (χ1n) is 8.75. The minimum atomic E-state index is -0.347. The van der Waals surface area contributed by atoms with Crippen molar-refractivity contribution in [2.75, 3.05) is 27.4 Å². The zero-order valence-electron chi connectivity index (χ0n) is 15.3. The molecule has 0 radical (unpaired) electrons. The highest BCUT2D eigenvalue weighted by Gasteiger charge is 2.34. The van der Waals surface area contributed by atoms with E-state index in [0.29, 0.717) is 19.0 Å². The molecule has 0 bridgehead atoms. The molecule has 0 amide bonds. The van der Waals surface area contributed by atoms with Crippen LogP contribution in [0.5, 0.6) is 11.5 Å². The molecule has 5 nitrogen and oxygen atoms in total. The number of hydrogen-bond acceptors (Lipinski definition) is 5. The van der Waals surface area contributed by atoms with Crippen LogP contribution in [0.3, 0.4) is 0 Å². The molecule has 1 aliphatic heterocycles. The van der Waals surface area contributed by atoms with E-state index in [1.54, 1.807) is 14.2 Å². The molecule has 1 aliphatic rings. The van der Waals surface area contributed by atoms with Crippen LogP contribution in [0, 0.1) is 5.92 Å². The summed E-state index contributed by atoms with van der Waals surface area (Å²) in [4.78, 5) is 0. The average molecular weight is 337 g/mol. The summed E-state index contributed by atoms with van der Waals surface area (Å²) in [5, 5.41) is 13.8. The highest BCUT2D eigenvalue weighted by Crippen LogP contribution is 2.33. The molecule has 0 aromatic heterocycles. The maximum atomic E-state index is 10.5. The van der Waals surface area contributed by atoms with Gasteiger partial charge in [0, 0.05) is 19.7 Å². The maximum Gasteiger partial charge on any atom is 0.161 e. The van der Waals surface area contributed by atoms with Crippen LogP contribution in [0.2, 0.25) is 0 Å². The average Bonchev–Trinajstić information content (AvgIpc) is 2.61. The van der Waals surface area contributed by atoms with E-state index in [9.17, 15) is 5.11 Å². The molecule has 2 rings (SSSR count). The fourth-order valence-electron chi connectivity index (χ4n) is 3.27. The number of rotatable bonds is 8. The maximum absolute atomic E-state index is 10.5. The van der Waals surface area contributed by atoms with E-state index < -0.39 is 0 Å². The number of ether oxygens (including phenoxy) is 3. The van der Waals surface area contributed by atoms with Gasteiger partial charge < -0.3 is 24.6 Å². The minimum Gasteiger partial charge on any atom is -0.493 e. The molecule has 0 aliphatic carbocycles. The highest BCUT2D eigenvalue weighted by molar-refractivity contribution is 5.42. The molecule has 5 heteroatoms. The summed E-state index contributed by atoms with van der Waals surface area (Å²) >= 11 is 0. The van der Waals surface area contributed by atoms with Gasteiger partial charge in [-0.25, -0.2) is 0 Å². The first kappa shape index (κ1) is 19.0. The van der Waals surface area contributed by atoms with E-state index in [1.807, 2.05) is 18.2 Å². The van der Waals surface area contributed by atoms with Gasteiger partial charge in [0.1, 0.15) is 0 Å². The van der Waals surface area contributed by atoms with Gasteiger partial charge in [-0.05, 0) is 49.8 Å². The Kier molecular flexibility index (Phi) is 6.90. The van der Waals surface area contributed by atoms with Crippen LogP contribution in [-0.2, 0) is 11.3 Å². The van der Waals surface area contributed by atoms with E-state index >= 15 is 0 Å². The Morgan fingerprint density at radius 1 is 1.33 bits per heavy atom. The summed E-state index contributed by atoms with van der Waals surface area (Å²) in [5.41, 5.74) is 1.01. The van der Waals surface area contributed by atoms with Gasteiger partial charge in [-0.15, -0.1) is 0 Å². The zero-order chi connectivity index (χ0) is 17.6.